The van der Waals surface area contributed by atoms with Gasteiger partial charge in [0.15, 0.2) is 0 Å². The Hall–Kier alpha value is -1.11. The summed E-state index contributed by atoms with van der Waals surface area (Å²) in [5, 5.41) is 8.63. The minimum absolute atomic E-state index is 0.0749. The van der Waals surface area contributed by atoms with Crippen molar-refractivity contribution in [1.82, 2.24) is 4.89 Å². The number of para-hydroxylation sites is 1. The molecule has 1 N–H and O–H groups in total. The van der Waals surface area contributed by atoms with Crippen LogP contribution in [0.1, 0.15) is 44.6 Å². The first-order valence-electron chi connectivity index (χ1n) is 7.73. The highest BCUT2D eigenvalue weighted by Gasteiger charge is 2.21. The maximum Gasteiger partial charge on any atom is 0.253 e. The quantitative estimate of drug-likeness (QED) is 0.500. The van der Waals surface area contributed by atoms with Gasteiger partial charge in [-0.2, -0.15) is 0 Å². The zero-order valence-electron chi connectivity index (χ0n) is 13.4. The van der Waals surface area contributed by atoms with Crippen molar-refractivity contribution in [2.75, 3.05) is 12.9 Å². The van der Waals surface area contributed by atoms with Crippen LogP contribution >= 0.6 is 0 Å². The normalized spacial score (nSPS) is 13.0. The van der Waals surface area contributed by atoms with Crippen molar-refractivity contribution in [3.8, 4) is 5.75 Å². The van der Waals surface area contributed by atoms with Crippen LogP contribution < -0.4 is 9.62 Å². The number of benzene rings is 1. The summed E-state index contributed by atoms with van der Waals surface area (Å²) in [6.45, 7) is 2.14. The van der Waals surface area contributed by atoms with Crippen LogP contribution in [-0.4, -0.2) is 26.5 Å². The second-order valence-corrected chi connectivity index (χ2v) is 7.22. The Labute approximate surface area is 133 Å². The molecule has 0 spiro atoms. The lowest BCUT2D eigenvalue weighted by atomic mass is 9.94. The maximum atomic E-state index is 11.6. The van der Waals surface area contributed by atoms with Crippen LogP contribution in [0.3, 0.4) is 0 Å². The number of ether oxygens (including phenoxy) is 1. The summed E-state index contributed by atoms with van der Waals surface area (Å²) in [5.41, 5.74) is 0.985. The molecule has 6 heteroatoms. The fourth-order valence-electron chi connectivity index (χ4n) is 2.62. The van der Waals surface area contributed by atoms with Gasteiger partial charge >= 0.3 is 0 Å². The van der Waals surface area contributed by atoms with Gasteiger partial charge in [0, 0.05) is 4.89 Å². The van der Waals surface area contributed by atoms with E-state index in [9.17, 15) is 8.42 Å². The third-order valence-corrected chi connectivity index (χ3v) is 4.88. The average molecular weight is 328 g/mol. The number of hydrogen-bond acceptors (Lipinski definition) is 4. The van der Waals surface area contributed by atoms with Crippen molar-refractivity contribution >= 4 is 10.0 Å². The second-order valence-electron chi connectivity index (χ2n) is 5.56. The summed E-state index contributed by atoms with van der Waals surface area (Å²) in [4.78, 5) is 2.53. The van der Waals surface area contributed by atoms with Crippen molar-refractivity contribution in [1.29, 1.82) is 0 Å². The molecule has 1 unspecified atom stereocenters. The summed E-state index contributed by atoms with van der Waals surface area (Å²) in [6, 6.07) is 7.62. The highest BCUT2D eigenvalue weighted by Crippen LogP contribution is 2.24. The minimum Gasteiger partial charge on any atom is -0.496 e. The summed E-state index contributed by atoms with van der Waals surface area (Å²) in [7, 11) is -2.16. The summed E-state index contributed by atoms with van der Waals surface area (Å²) < 4.78 is 28.5. The van der Waals surface area contributed by atoms with E-state index in [2.05, 4.69) is 11.8 Å². The molecule has 0 aliphatic heterocycles. The molecule has 1 rings (SSSR count). The molecular formula is C16H26NO4S. The van der Waals surface area contributed by atoms with Gasteiger partial charge in [-0.15, -0.1) is 0 Å². The van der Waals surface area contributed by atoms with Crippen LogP contribution in [-0.2, 0) is 16.4 Å². The predicted octanol–water partition coefficient (Wildman–Crippen LogP) is 3.15. The molecular weight excluding hydrogens is 302 g/mol. The van der Waals surface area contributed by atoms with E-state index in [-0.39, 0.29) is 11.7 Å². The SMILES string of the molecule is CCCCCCC(Cc1ccccc1OC)CS(=O)(=O)[N]O. The fraction of sp³-hybridized carbons (Fsp3) is 0.625. The number of unbranched alkanes of at least 4 members (excludes halogenated alkanes) is 3. The van der Waals surface area contributed by atoms with Crippen LogP contribution in [0, 0.1) is 5.92 Å². The highest BCUT2D eigenvalue weighted by molar-refractivity contribution is 7.89. The first-order chi connectivity index (χ1) is 10.5. The Bertz CT molecular complexity index is 531. The average Bonchev–Trinajstić information content (AvgIpc) is 2.51. The molecule has 0 fully saturated rings. The van der Waals surface area contributed by atoms with Crippen molar-refractivity contribution < 1.29 is 18.4 Å². The van der Waals surface area contributed by atoms with Crippen LogP contribution in [0.15, 0.2) is 24.3 Å². The Morgan fingerprint density at radius 1 is 1.23 bits per heavy atom. The van der Waals surface area contributed by atoms with Gasteiger partial charge in [-0.05, 0) is 30.4 Å². The van der Waals surface area contributed by atoms with E-state index in [1.54, 1.807) is 7.11 Å². The number of rotatable bonds is 11. The lowest BCUT2D eigenvalue weighted by Crippen LogP contribution is -2.24. The molecule has 0 aliphatic carbocycles. The van der Waals surface area contributed by atoms with Crippen LogP contribution in [0.4, 0.5) is 0 Å². The molecule has 1 radical (unpaired) electrons. The van der Waals surface area contributed by atoms with Crippen molar-refractivity contribution in [3.05, 3.63) is 29.8 Å². The maximum absolute atomic E-state index is 11.6. The summed E-state index contributed by atoms with van der Waals surface area (Å²) in [6.07, 6.45) is 5.77. The number of methoxy groups -OCH3 is 1. The molecule has 0 aromatic heterocycles. The Balaban J connectivity index is 2.75. The molecule has 0 amide bonds. The number of sulfonamides is 1. The molecule has 0 aliphatic rings. The minimum atomic E-state index is -3.76. The summed E-state index contributed by atoms with van der Waals surface area (Å²) in [5.74, 6) is 0.557. The molecule has 125 valence electrons. The zero-order valence-corrected chi connectivity index (χ0v) is 14.2. The zero-order chi connectivity index (χ0) is 16.4. The van der Waals surface area contributed by atoms with Crippen molar-refractivity contribution in [3.63, 3.8) is 0 Å². The lowest BCUT2D eigenvalue weighted by Gasteiger charge is -2.17. The van der Waals surface area contributed by atoms with E-state index in [0.29, 0.717) is 6.42 Å². The first kappa shape index (κ1) is 18.9. The second kappa shape index (κ2) is 9.82. The fourth-order valence-corrected chi connectivity index (χ4v) is 3.56. The Morgan fingerprint density at radius 2 is 1.95 bits per heavy atom. The highest BCUT2D eigenvalue weighted by atomic mass is 32.2. The third-order valence-electron chi connectivity index (χ3n) is 3.74. The molecule has 0 saturated heterocycles. The van der Waals surface area contributed by atoms with Gasteiger partial charge in [-0.3, -0.25) is 5.21 Å². The molecule has 5 nitrogen and oxygen atoms in total. The van der Waals surface area contributed by atoms with Gasteiger partial charge in [-0.1, -0.05) is 50.8 Å². The van der Waals surface area contributed by atoms with Gasteiger partial charge in [0.2, 0.25) is 0 Å². The first-order valence-corrected chi connectivity index (χ1v) is 9.34. The molecule has 1 aromatic rings. The van der Waals surface area contributed by atoms with E-state index in [4.69, 9.17) is 9.94 Å². The molecule has 0 heterocycles. The Morgan fingerprint density at radius 3 is 2.59 bits per heavy atom. The van der Waals surface area contributed by atoms with Crippen LogP contribution in [0.5, 0.6) is 5.75 Å². The van der Waals surface area contributed by atoms with Gasteiger partial charge in [0.05, 0.1) is 12.9 Å². The number of hydrogen-bond donors (Lipinski definition) is 1. The van der Waals surface area contributed by atoms with Crippen molar-refractivity contribution in [2.24, 2.45) is 5.92 Å². The smallest absolute Gasteiger partial charge is 0.253 e. The Kier molecular flexibility index (Phi) is 8.45. The van der Waals surface area contributed by atoms with Gasteiger partial charge in [0.1, 0.15) is 5.75 Å². The number of nitrogens with zero attached hydrogens (tertiary/aromatic N) is 1. The monoisotopic (exact) mass is 328 g/mol. The van der Waals surface area contributed by atoms with E-state index in [1.165, 1.54) is 0 Å². The lowest BCUT2D eigenvalue weighted by molar-refractivity contribution is 0.232. The van der Waals surface area contributed by atoms with E-state index >= 15 is 0 Å². The topological polar surface area (TPSA) is 77.7 Å². The molecule has 0 saturated carbocycles. The predicted molar refractivity (Wildman–Crippen MR) is 86.7 cm³/mol. The van der Waals surface area contributed by atoms with Gasteiger partial charge < -0.3 is 4.74 Å². The molecule has 0 bridgehead atoms. The van der Waals surface area contributed by atoms with E-state index in [1.807, 2.05) is 24.3 Å². The standard InChI is InChI=1S/C16H26NO4S/c1-3-4-5-6-9-14(13-22(19,20)17-18)12-15-10-7-8-11-16(15)21-2/h7-8,10-11,14,18H,3-6,9,12-13H2,1-2H3. The van der Waals surface area contributed by atoms with Crippen molar-refractivity contribution in [2.45, 2.75) is 45.4 Å². The largest absolute Gasteiger partial charge is 0.496 e. The van der Waals surface area contributed by atoms with Crippen LogP contribution in [0.2, 0.25) is 0 Å². The molecule has 1 aromatic carbocycles. The summed E-state index contributed by atoms with van der Waals surface area (Å²) >= 11 is 0. The van der Waals surface area contributed by atoms with Crippen LogP contribution in [0.25, 0.3) is 0 Å². The molecule has 1 atom stereocenters. The van der Waals surface area contributed by atoms with E-state index < -0.39 is 10.0 Å². The van der Waals surface area contributed by atoms with E-state index in [0.717, 1.165) is 43.4 Å². The molecule has 22 heavy (non-hydrogen) atoms. The van der Waals surface area contributed by atoms with Gasteiger partial charge in [0.25, 0.3) is 10.0 Å². The van der Waals surface area contributed by atoms with Gasteiger partial charge in [-0.25, -0.2) is 8.42 Å². The third kappa shape index (κ3) is 6.77.